The summed E-state index contributed by atoms with van der Waals surface area (Å²) < 4.78 is 38.6. The van der Waals surface area contributed by atoms with E-state index in [2.05, 4.69) is 13.5 Å². The first-order valence-corrected chi connectivity index (χ1v) is 16.4. The summed E-state index contributed by atoms with van der Waals surface area (Å²) in [6.45, 7) is 9.88. The van der Waals surface area contributed by atoms with Crippen LogP contribution in [0.3, 0.4) is 0 Å². The van der Waals surface area contributed by atoms with Crippen molar-refractivity contribution in [3.8, 4) is 0 Å². The van der Waals surface area contributed by atoms with Crippen LogP contribution in [0.1, 0.15) is 118 Å². The average molecular weight is 609 g/mol. The molecule has 0 atom stereocenters. The van der Waals surface area contributed by atoms with Crippen molar-refractivity contribution >= 4 is 36.1 Å². The van der Waals surface area contributed by atoms with Gasteiger partial charge in [-0.1, -0.05) is 96.6 Å². The van der Waals surface area contributed by atoms with Gasteiger partial charge in [-0.15, -0.1) is 0 Å². The maximum absolute atomic E-state index is 10.6. The topological polar surface area (TPSA) is 224 Å². The molecule has 0 saturated heterocycles. The Hall–Kier alpha value is -1.79. The van der Waals surface area contributed by atoms with Gasteiger partial charge in [0, 0.05) is 19.5 Å². The minimum atomic E-state index is -3.82. The van der Waals surface area contributed by atoms with Crippen LogP contribution in [-0.2, 0) is 29.1 Å². The number of rotatable bonds is 17. The van der Waals surface area contributed by atoms with Crippen LogP contribution in [0.25, 0.3) is 0 Å². The zero-order valence-corrected chi connectivity index (χ0v) is 25.8. The third kappa shape index (κ3) is 94.2. The molecule has 0 aromatic rings. The normalized spacial score (nSPS) is 10.0. The van der Waals surface area contributed by atoms with Crippen molar-refractivity contribution < 1.29 is 57.0 Å². The molecular weight excluding hydrogens is 555 g/mol. The van der Waals surface area contributed by atoms with Gasteiger partial charge in [0.2, 0.25) is 0 Å². The predicted octanol–water partition coefficient (Wildman–Crippen LogP) is 5.98. The fraction of sp³-hybridized carbons (Fsp3) is 0.800. The fourth-order valence-electron chi connectivity index (χ4n) is 2.62. The molecule has 0 rings (SSSR count). The van der Waals surface area contributed by atoms with Crippen molar-refractivity contribution in [2.75, 3.05) is 11.9 Å². The van der Waals surface area contributed by atoms with Gasteiger partial charge < -0.3 is 25.1 Å². The Morgan fingerprint density at radius 1 is 0.795 bits per heavy atom. The highest BCUT2D eigenvalue weighted by molar-refractivity contribution is 7.85. The van der Waals surface area contributed by atoms with Gasteiger partial charge in [-0.25, -0.2) is 0 Å². The van der Waals surface area contributed by atoms with Crippen molar-refractivity contribution in [2.24, 2.45) is 0 Å². The monoisotopic (exact) mass is 608 g/mol. The molecular formula is C25H53O12PS. The lowest BCUT2D eigenvalue weighted by Gasteiger charge is -2.04. The lowest BCUT2D eigenvalue weighted by Crippen LogP contribution is -2.03. The Kier molecular flexibility index (Phi) is 41.3. The largest absolute Gasteiger partial charge is 0.483 e. The lowest BCUT2D eigenvalue weighted by atomic mass is 10.1. The summed E-state index contributed by atoms with van der Waals surface area (Å²) in [4.78, 5) is 44.5. The Balaban J connectivity index is -0.000000145. The van der Waals surface area contributed by atoms with E-state index in [0.29, 0.717) is 18.4 Å². The third-order valence-electron chi connectivity index (χ3n) is 4.23. The molecule has 0 amide bonds. The standard InChI is InChI=1S/C13H29O3P.C5H10O2.C4H8O3S.C2H4O2.CH2O2/c1-2-3-4-5-6-7-8-9-10-11-12-13-17(14,15)16;1-2-3-4-5(6)7;1-4(2)3-8(5,6)7;1-2(3)4;2-1-3/h2-13H2,1H3,(H2,14,15,16);2-4H2,1H3,(H,6,7);1,3H2,2H3,(H,5,6,7);1H3,(H,3,4);1H,(H,2,3). The molecule has 0 fully saturated rings. The molecule has 6 N–H and O–H groups in total. The van der Waals surface area contributed by atoms with Crippen LogP contribution in [0.5, 0.6) is 0 Å². The van der Waals surface area contributed by atoms with Crippen LogP contribution in [0.15, 0.2) is 12.2 Å². The van der Waals surface area contributed by atoms with Crippen molar-refractivity contribution in [1.29, 1.82) is 0 Å². The van der Waals surface area contributed by atoms with Gasteiger partial charge in [-0.05, 0) is 19.8 Å². The van der Waals surface area contributed by atoms with Crippen molar-refractivity contribution in [1.82, 2.24) is 0 Å². The molecule has 0 aliphatic rings. The first kappa shape index (κ1) is 47.0. The van der Waals surface area contributed by atoms with E-state index in [1.54, 1.807) is 0 Å². The van der Waals surface area contributed by atoms with E-state index < -0.39 is 29.7 Å². The number of aliphatic carboxylic acids is 2. The number of hydrogen-bond donors (Lipinski definition) is 6. The first-order chi connectivity index (χ1) is 17.9. The van der Waals surface area contributed by atoms with E-state index in [9.17, 15) is 17.8 Å². The summed E-state index contributed by atoms with van der Waals surface area (Å²) in [6.07, 6.45) is 15.5. The molecule has 0 aromatic heterocycles. The SMILES string of the molecule is C=C(C)CS(=O)(=O)O.CC(=O)O.CCCCC(=O)O.CCCCCCCCCCCCCP(=O)(O)O.O=CO. The third-order valence-corrected chi connectivity index (χ3v) is 5.98. The zero-order chi connectivity index (χ0) is 31.8. The lowest BCUT2D eigenvalue weighted by molar-refractivity contribution is -0.137. The molecule has 0 unspecified atom stereocenters. The smallest absolute Gasteiger partial charge is 0.325 e. The van der Waals surface area contributed by atoms with Gasteiger partial charge >= 0.3 is 13.6 Å². The molecule has 236 valence electrons. The zero-order valence-electron chi connectivity index (χ0n) is 24.1. The second-order valence-corrected chi connectivity index (χ2v) is 12.0. The molecule has 0 aliphatic carbocycles. The van der Waals surface area contributed by atoms with Gasteiger partial charge in [-0.2, -0.15) is 8.42 Å². The maximum Gasteiger partial charge on any atom is 0.325 e. The molecule has 0 radical (unpaired) electrons. The van der Waals surface area contributed by atoms with E-state index in [4.69, 9.17) is 39.2 Å². The highest BCUT2D eigenvalue weighted by atomic mass is 32.2. The average Bonchev–Trinajstić information content (AvgIpc) is 2.74. The number of carbonyl (C=O) groups is 3. The summed E-state index contributed by atoms with van der Waals surface area (Å²) >= 11 is 0. The first-order valence-electron chi connectivity index (χ1n) is 13.0. The van der Waals surface area contributed by atoms with Gasteiger partial charge in [0.1, 0.15) is 0 Å². The molecule has 0 spiro atoms. The second kappa shape index (κ2) is 34.2. The van der Waals surface area contributed by atoms with Crippen LogP contribution in [0.2, 0.25) is 0 Å². The Bertz CT molecular complexity index is 729. The van der Waals surface area contributed by atoms with E-state index in [1.807, 2.05) is 6.92 Å². The van der Waals surface area contributed by atoms with Crippen LogP contribution in [-0.4, -0.2) is 68.4 Å². The van der Waals surface area contributed by atoms with Crippen molar-refractivity contribution in [3.05, 3.63) is 12.2 Å². The molecule has 39 heavy (non-hydrogen) atoms. The number of carboxylic acids is 2. The van der Waals surface area contributed by atoms with Gasteiger partial charge in [0.15, 0.2) is 0 Å². The Morgan fingerprint density at radius 2 is 1.10 bits per heavy atom. The highest BCUT2D eigenvalue weighted by Crippen LogP contribution is 2.35. The summed E-state index contributed by atoms with van der Waals surface area (Å²) in [5.41, 5.74) is 0.438. The van der Waals surface area contributed by atoms with Crippen LogP contribution in [0, 0.1) is 0 Å². The summed E-state index contributed by atoms with van der Waals surface area (Å²) in [6, 6.07) is 0. The van der Waals surface area contributed by atoms with Gasteiger partial charge in [-0.3, -0.25) is 23.5 Å². The quantitative estimate of drug-likeness (QED) is 0.0369. The number of carboxylic acid groups (broad SMARTS) is 3. The Morgan fingerprint density at radius 3 is 1.28 bits per heavy atom. The van der Waals surface area contributed by atoms with E-state index in [1.165, 1.54) is 58.3 Å². The minimum Gasteiger partial charge on any atom is -0.483 e. The van der Waals surface area contributed by atoms with Crippen LogP contribution >= 0.6 is 7.60 Å². The Labute approximate surface area is 234 Å². The van der Waals surface area contributed by atoms with Crippen molar-refractivity contribution in [3.63, 3.8) is 0 Å². The van der Waals surface area contributed by atoms with Crippen LogP contribution in [0.4, 0.5) is 0 Å². The summed E-state index contributed by atoms with van der Waals surface area (Å²) in [7, 11) is -7.57. The molecule has 14 heteroatoms. The molecule has 12 nitrogen and oxygen atoms in total. The number of hydrogen-bond acceptors (Lipinski definition) is 6. The van der Waals surface area contributed by atoms with E-state index >= 15 is 0 Å². The number of unbranched alkanes of at least 4 members (excludes halogenated alkanes) is 11. The van der Waals surface area contributed by atoms with Crippen LogP contribution < -0.4 is 0 Å². The molecule has 0 heterocycles. The second-order valence-electron chi connectivity index (χ2n) is 8.73. The van der Waals surface area contributed by atoms with E-state index in [-0.39, 0.29) is 18.4 Å². The molecule has 0 aromatic carbocycles. The van der Waals surface area contributed by atoms with Crippen molar-refractivity contribution in [2.45, 2.75) is 118 Å². The molecule has 0 bridgehead atoms. The minimum absolute atomic E-state index is 0.0595. The van der Waals surface area contributed by atoms with Gasteiger partial charge in [0.05, 0.1) is 5.75 Å². The van der Waals surface area contributed by atoms with E-state index in [0.717, 1.165) is 32.6 Å². The summed E-state index contributed by atoms with van der Waals surface area (Å²) in [5, 5.41) is 22.4. The highest BCUT2D eigenvalue weighted by Gasteiger charge is 2.10. The molecule has 0 aliphatic heterocycles. The predicted molar refractivity (Wildman–Crippen MR) is 154 cm³/mol. The van der Waals surface area contributed by atoms with Gasteiger partial charge in [0.25, 0.3) is 22.6 Å². The summed E-state index contributed by atoms with van der Waals surface area (Å²) in [5.74, 6) is -1.87. The fourth-order valence-corrected chi connectivity index (χ4v) is 3.88. The maximum atomic E-state index is 10.6. The molecule has 0 saturated carbocycles.